The highest BCUT2D eigenvalue weighted by Crippen LogP contribution is 2.53. The van der Waals surface area contributed by atoms with Crippen molar-refractivity contribution in [1.29, 1.82) is 0 Å². The lowest BCUT2D eigenvalue weighted by Crippen LogP contribution is -2.23. The Morgan fingerprint density at radius 2 is 1.06 bits per heavy atom. The number of rotatable bonds is 5. The van der Waals surface area contributed by atoms with Crippen molar-refractivity contribution in [2.45, 2.75) is 32.1 Å². The van der Waals surface area contributed by atoms with Gasteiger partial charge >= 0.3 is 0 Å². The Bertz CT molecular complexity index is 1440. The Kier molecular flexibility index (Phi) is 5.34. The molecular formula is C34H29N. The second-order valence-corrected chi connectivity index (χ2v) is 9.45. The highest BCUT2D eigenvalue weighted by Gasteiger charge is 2.40. The summed E-state index contributed by atoms with van der Waals surface area (Å²) in [7, 11) is 0. The standard InChI is InChI=1S/C34H29N/c1-3-34(4-2)30-18-12-11-17-28(30)29-20-19-26(21-31(29)34)33-23-27(24-13-7-5-8-14-24)22-32(35-33)25-15-9-6-10-16-25/h5-23H,3-4H2,1-2H3. The van der Waals surface area contributed by atoms with Gasteiger partial charge in [-0.1, -0.05) is 111 Å². The van der Waals surface area contributed by atoms with Crippen LogP contribution in [0, 0.1) is 0 Å². The average Bonchev–Trinajstić information content (AvgIpc) is 3.23. The molecule has 1 heterocycles. The summed E-state index contributed by atoms with van der Waals surface area (Å²) in [6, 6.07) is 41.5. The third-order valence-corrected chi connectivity index (χ3v) is 7.77. The summed E-state index contributed by atoms with van der Waals surface area (Å²) in [5.41, 5.74) is 12.4. The zero-order chi connectivity index (χ0) is 23.8. The van der Waals surface area contributed by atoms with Gasteiger partial charge in [-0.25, -0.2) is 4.98 Å². The van der Waals surface area contributed by atoms with Crippen molar-refractivity contribution in [2.75, 3.05) is 0 Å². The monoisotopic (exact) mass is 451 g/mol. The molecule has 0 bridgehead atoms. The van der Waals surface area contributed by atoms with Crippen LogP contribution in [0.4, 0.5) is 0 Å². The Morgan fingerprint density at radius 1 is 0.486 bits per heavy atom. The van der Waals surface area contributed by atoms with Gasteiger partial charge in [0.1, 0.15) is 0 Å². The van der Waals surface area contributed by atoms with E-state index in [2.05, 4.69) is 129 Å². The van der Waals surface area contributed by atoms with Gasteiger partial charge in [0, 0.05) is 16.5 Å². The number of benzene rings is 4. The summed E-state index contributed by atoms with van der Waals surface area (Å²) in [5, 5.41) is 0. The fourth-order valence-electron chi connectivity index (χ4n) is 5.86. The van der Waals surface area contributed by atoms with Crippen LogP contribution < -0.4 is 0 Å². The lowest BCUT2D eigenvalue weighted by molar-refractivity contribution is 0.490. The van der Waals surface area contributed by atoms with E-state index in [0.29, 0.717) is 0 Å². The molecule has 0 radical (unpaired) electrons. The third kappa shape index (κ3) is 3.51. The van der Waals surface area contributed by atoms with E-state index in [0.717, 1.165) is 29.8 Å². The number of hydrogen-bond acceptors (Lipinski definition) is 1. The predicted molar refractivity (Wildman–Crippen MR) is 147 cm³/mol. The van der Waals surface area contributed by atoms with Crippen LogP contribution in [0.1, 0.15) is 37.8 Å². The quantitative estimate of drug-likeness (QED) is 0.259. The summed E-state index contributed by atoms with van der Waals surface area (Å²) in [5.74, 6) is 0. The fourth-order valence-corrected chi connectivity index (χ4v) is 5.86. The molecule has 1 heteroatoms. The molecule has 0 fully saturated rings. The van der Waals surface area contributed by atoms with Gasteiger partial charge in [-0.05, 0) is 64.4 Å². The van der Waals surface area contributed by atoms with E-state index < -0.39 is 0 Å². The van der Waals surface area contributed by atoms with E-state index in [1.807, 2.05) is 0 Å². The first-order valence-electron chi connectivity index (χ1n) is 12.6. The molecule has 0 saturated heterocycles. The Labute approximate surface area is 208 Å². The molecule has 0 saturated carbocycles. The summed E-state index contributed by atoms with van der Waals surface area (Å²) >= 11 is 0. The molecule has 6 rings (SSSR count). The number of hydrogen-bond donors (Lipinski definition) is 0. The number of aromatic nitrogens is 1. The van der Waals surface area contributed by atoms with Crippen LogP contribution in [0.3, 0.4) is 0 Å². The fraction of sp³-hybridized carbons (Fsp3) is 0.147. The summed E-state index contributed by atoms with van der Waals surface area (Å²) in [4.78, 5) is 5.17. The van der Waals surface area contributed by atoms with Crippen LogP contribution in [-0.2, 0) is 5.41 Å². The minimum absolute atomic E-state index is 0.0568. The lowest BCUT2D eigenvalue weighted by Gasteiger charge is -2.30. The highest BCUT2D eigenvalue weighted by molar-refractivity contribution is 5.84. The molecular weight excluding hydrogens is 422 g/mol. The van der Waals surface area contributed by atoms with Gasteiger partial charge < -0.3 is 0 Å². The largest absolute Gasteiger partial charge is 0.248 e. The maximum atomic E-state index is 5.17. The minimum Gasteiger partial charge on any atom is -0.248 e. The summed E-state index contributed by atoms with van der Waals surface area (Å²) in [6.45, 7) is 4.65. The van der Waals surface area contributed by atoms with Gasteiger partial charge in [0.15, 0.2) is 0 Å². The molecule has 1 aromatic heterocycles. The van der Waals surface area contributed by atoms with E-state index in [1.165, 1.54) is 38.9 Å². The Hall–Kier alpha value is -3.97. The van der Waals surface area contributed by atoms with Gasteiger partial charge in [0.25, 0.3) is 0 Å². The van der Waals surface area contributed by atoms with E-state index >= 15 is 0 Å². The molecule has 4 aromatic carbocycles. The molecule has 1 nitrogen and oxygen atoms in total. The van der Waals surface area contributed by atoms with Crippen LogP contribution in [0.5, 0.6) is 0 Å². The smallest absolute Gasteiger partial charge is 0.0715 e. The lowest BCUT2D eigenvalue weighted by atomic mass is 9.73. The van der Waals surface area contributed by atoms with Crippen molar-refractivity contribution in [1.82, 2.24) is 4.98 Å². The SMILES string of the molecule is CCC1(CC)c2ccccc2-c2ccc(-c3cc(-c4ccccc4)cc(-c4ccccc4)n3)cc21. The maximum absolute atomic E-state index is 5.17. The zero-order valence-electron chi connectivity index (χ0n) is 20.3. The minimum atomic E-state index is 0.0568. The van der Waals surface area contributed by atoms with Crippen LogP contribution in [-0.4, -0.2) is 4.98 Å². The molecule has 170 valence electrons. The molecule has 5 aromatic rings. The molecule has 0 atom stereocenters. The molecule has 1 aliphatic carbocycles. The van der Waals surface area contributed by atoms with Crippen LogP contribution in [0.15, 0.2) is 115 Å². The third-order valence-electron chi connectivity index (χ3n) is 7.77. The molecule has 0 unspecified atom stereocenters. The van der Waals surface area contributed by atoms with Gasteiger partial charge in [-0.3, -0.25) is 0 Å². The Balaban J connectivity index is 1.56. The van der Waals surface area contributed by atoms with Gasteiger partial charge in [-0.2, -0.15) is 0 Å². The first-order chi connectivity index (χ1) is 17.2. The van der Waals surface area contributed by atoms with Crippen molar-refractivity contribution in [2.24, 2.45) is 0 Å². The number of pyridine rings is 1. The van der Waals surface area contributed by atoms with Crippen molar-refractivity contribution >= 4 is 0 Å². The van der Waals surface area contributed by atoms with Crippen molar-refractivity contribution in [3.63, 3.8) is 0 Å². The van der Waals surface area contributed by atoms with Crippen molar-refractivity contribution in [3.8, 4) is 44.8 Å². The van der Waals surface area contributed by atoms with Gasteiger partial charge in [0.05, 0.1) is 11.4 Å². The molecule has 0 amide bonds. The van der Waals surface area contributed by atoms with E-state index in [4.69, 9.17) is 4.98 Å². The van der Waals surface area contributed by atoms with E-state index in [-0.39, 0.29) is 5.41 Å². The number of fused-ring (bicyclic) bond motifs is 3. The second kappa shape index (κ2) is 8.67. The Morgan fingerprint density at radius 3 is 1.74 bits per heavy atom. The molecule has 0 N–H and O–H groups in total. The van der Waals surface area contributed by atoms with Crippen LogP contribution in [0.25, 0.3) is 44.8 Å². The van der Waals surface area contributed by atoms with Crippen molar-refractivity contribution in [3.05, 3.63) is 126 Å². The number of nitrogens with zero attached hydrogens (tertiary/aromatic N) is 1. The van der Waals surface area contributed by atoms with Crippen LogP contribution >= 0.6 is 0 Å². The van der Waals surface area contributed by atoms with Crippen LogP contribution in [0.2, 0.25) is 0 Å². The van der Waals surface area contributed by atoms with Crippen molar-refractivity contribution < 1.29 is 0 Å². The summed E-state index contributed by atoms with van der Waals surface area (Å²) in [6.07, 6.45) is 2.17. The normalized spacial score (nSPS) is 13.3. The molecule has 0 spiro atoms. The van der Waals surface area contributed by atoms with Gasteiger partial charge in [0.2, 0.25) is 0 Å². The summed E-state index contributed by atoms with van der Waals surface area (Å²) < 4.78 is 0. The van der Waals surface area contributed by atoms with E-state index in [1.54, 1.807) is 0 Å². The zero-order valence-corrected chi connectivity index (χ0v) is 20.3. The second-order valence-electron chi connectivity index (χ2n) is 9.45. The highest BCUT2D eigenvalue weighted by atomic mass is 14.7. The predicted octanol–water partition coefficient (Wildman–Crippen LogP) is 9.17. The first-order valence-corrected chi connectivity index (χ1v) is 12.6. The molecule has 0 aliphatic heterocycles. The first kappa shape index (κ1) is 21.6. The average molecular weight is 452 g/mol. The maximum Gasteiger partial charge on any atom is 0.0715 e. The molecule has 1 aliphatic rings. The molecule has 35 heavy (non-hydrogen) atoms. The van der Waals surface area contributed by atoms with E-state index in [9.17, 15) is 0 Å². The topological polar surface area (TPSA) is 12.9 Å². The van der Waals surface area contributed by atoms with Gasteiger partial charge in [-0.15, -0.1) is 0 Å².